The second-order valence-electron chi connectivity index (χ2n) is 22.1. The van der Waals surface area contributed by atoms with Crippen LogP contribution < -0.4 is 28.4 Å². The van der Waals surface area contributed by atoms with Gasteiger partial charge in [-0.3, -0.25) is 9.13 Å². The van der Waals surface area contributed by atoms with Gasteiger partial charge >= 0.3 is 0 Å². The average Bonchev–Trinajstić information content (AvgIpc) is 4.26. The number of fused-ring (bicyclic) bond motifs is 2. The van der Waals surface area contributed by atoms with E-state index in [1.54, 1.807) is 24.5 Å². The molecule has 0 spiro atoms. The molecule has 12 heteroatoms. The van der Waals surface area contributed by atoms with Gasteiger partial charge < -0.3 is 38.4 Å². The zero-order chi connectivity index (χ0) is 52.0. The van der Waals surface area contributed by atoms with Crippen LogP contribution in [0.3, 0.4) is 0 Å². The first kappa shape index (κ1) is 54.5. The van der Waals surface area contributed by atoms with Crippen molar-refractivity contribution in [2.75, 3.05) is 36.0 Å². The normalized spacial score (nSPS) is 14.0. The number of hydrogen-bond donors (Lipinski definition) is 0. The van der Waals surface area contributed by atoms with Crippen LogP contribution in [0, 0.1) is 36.9 Å². The monoisotopic (exact) mass is 1390 g/mol. The van der Waals surface area contributed by atoms with Gasteiger partial charge in [0.15, 0.2) is 0 Å². The smallest absolute Gasteiger partial charge is 0.268 e. The minimum atomic E-state index is -0.201. The van der Waals surface area contributed by atoms with Crippen LogP contribution >= 0.6 is 0 Å². The van der Waals surface area contributed by atoms with Gasteiger partial charge in [0.05, 0.1) is 33.4 Å². The summed E-state index contributed by atoms with van der Waals surface area (Å²) >= 11 is 0. The Bertz CT molecular complexity index is 3500. The van der Waals surface area contributed by atoms with Gasteiger partial charge in [0, 0.05) is 103 Å². The van der Waals surface area contributed by atoms with Crippen molar-refractivity contribution in [3.05, 3.63) is 194 Å². The number of nitrogens with zero attached hydrogens (tertiary/aromatic N) is 8. The van der Waals surface area contributed by atoms with E-state index in [4.69, 9.17) is 9.47 Å². The Hall–Kier alpha value is -6.86. The zero-order valence-corrected chi connectivity index (χ0v) is 49.5. The van der Waals surface area contributed by atoms with Gasteiger partial charge in [0.25, 0.3) is 12.7 Å². The van der Waals surface area contributed by atoms with Crippen LogP contribution in [-0.4, -0.2) is 45.3 Å². The number of aromatic nitrogens is 6. The number of rotatable bonds is 11. The van der Waals surface area contributed by atoms with Crippen LogP contribution in [0.4, 0.5) is 11.4 Å². The Morgan fingerprint density at radius 1 is 0.423 bits per heavy atom. The molecule has 2 aliphatic rings. The molecule has 0 amide bonds. The van der Waals surface area contributed by atoms with Gasteiger partial charge in [-0.2, -0.15) is 35.4 Å². The molecule has 2 aliphatic heterocycles. The number of anilines is 2. The molecule has 0 N–H and O–H groups in total. The van der Waals surface area contributed by atoms with Crippen molar-refractivity contribution in [3.63, 3.8) is 0 Å². The third kappa shape index (κ3) is 11.2. The fourth-order valence-corrected chi connectivity index (χ4v) is 10.6. The van der Waals surface area contributed by atoms with Crippen molar-refractivity contribution in [1.29, 1.82) is 0 Å². The van der Waals surface area contributed by atoms with Crippen molar-refractivity contribution >= 4 is 33.4 Å². The predicted molar refractivity (Wildman–Crippen MR) is 300 cm³/mol. The summed E-state index contributed by atoms with van der Waals surface area (Å²) in [5, 5.41) is 0. The SMILES string of the molecule is CC(C)(C)c1cc(Oc2[c-]c(-c3[c-]c(Oc4[c-]c(-[n+]5[c-]n(-c6ccccc6N6CCCCC6)c6ccccc65)cc(C(C)(C)C)c4)ccn3)ncc2)[c-]c(-[n+]2[c-]n(-c3ccccc3N3CCCCC3)c3ccccc32)c1.[Pt].[Pt]. The quantitative estimate of drug-likeness (QED) is 0.0949. The summed E-state index contributed by atoms with van der Waals surface area (Å²) in [6.07, 6.45) is 18.2. The third-order valence-corrected chi connectivity index (χ3v) is 14.6. The Morgan fingerprint density at radius 2 is 0.795 bits per heavy atom. The van der Waals surface area contributed by atoms with E-state index in [9.17, 15) is 0 Å². The second kappa shape index (κ2) is 22.8. The molecular formula is C66H62N8O2Pt2-4. The zero-order valence-electron chi connectivity index (χ0n) is 45.0. The molecular weight excluding hydrogens is 1330 g/mol. The largest absolute Gasteiger partial charge is 0.511 e. The van der Waals surface area contributed by atoms with Crippen LogP contribution in [-0.2, 0) is 53.0 Å². The summed E-state index contributed by atoms with van der Waals surface area (Å²) in [7, 11) is 0. The fourth-order valence-electron chi connectivity index (χ4n) is 10.6. The Labute approximate surface area is 487 Å². The van der Waals surface area contributed by atoms with E-state index in [0.29, 0.717) is 34.4 Å². The second-order valence-corrected chi connectivity index (χ2v) is 22.1. The molecule has 2 fully saturated rings. The van der Waals surface area contributed by atoms with Crippen molar-refractivity contribution in [2.45, 2.75) is 90.9 Å². The third-order valence-electron chi connectivity index (χ3n) is 14.6. The molecule has 0 atom stereocenters. The topological polar surface area (TPSA) is 68.3 Å². The first-order chi connectivity index (χ1) is 36.9. The van der Waals surface area contributed by atoms with Crippen LogP contribution in [0.25, 0.3) is 56.2 Å². The molecule has 0 saturated carbocycles. The first-order valence-corrected chi connectivity index (χ1v) is 26.8. The molecule has 10 nitrogen and oxygen atoms in total. The molecule has 12 rings (SSSR count). The Morgan fingerprint density at radius 3 is 1.19 bits per heavy atom. The fraction of sp³-hybridized carbons (Fsp3) is 0.273. The first-order valence-electron chi connectivity index (χ1n) is 26.8. The van der Waals surface area contributed by atoms with Crippen LogP contribution in [0.15, 0.2) is 146 Å². The molecule has 78 heavy (non-hydrogen) atoms. The molecule has 402 valence electrons. The molecule has 4 aromatic heterocycles. The maximum atomic E-state index is 6.69. The van der Waals surface area contributed by atoms with Crippen LogP contribution in [0.2, 0.25) is 0 Å². The van der Waals surface area contributed by atoms with Crippen molar-refractivity contribution in [1.82, 2.24) is 19.1 Å². The summed E-state index contributed by atoms with van der Waals surface area (Å²) in [6.45, 7) is 17.4. The standard InChI is InChI=1S/C66H62N8O2.2Pt/c1-65(2,3)47-37-49(71-45-73(63-27-15-13-25-61(63)71)59-23-11-9-21-57(59)69-33-17-7-18-34-69)41-53(39-47)75-51-29-31-67-55(43-51)56-44-52(30-32-68-56)76-54-40-48(66(4,5)6)38-50(42-54)72-46-74(64-28-16-14-26-62(64)72)60-24-12-10-22-58(60)70-35-19-8-20-36-70;;/h9-16,21-32,37-40H,7-8,17-20,33-36H2,1-6H3;;/q-4;;. The van der Waals surface area contributed by atoms with Gasteiger partial charge in [-0.1, -0.05) is 114 Å². The minimum Gasteiger partial charge on any atom is -0.511 e. The van der Waals surface area contributed by atoms with Crippen LogP contribution in [0.5, 0.6) is 23.0 Å². The number of hydrogen-bond acceptors (Lipinski definition) is 6. The van der Waals surface area contributed by atoms with Gasteiger partial charge in [-0.15, -0.1) is 47.8 Å². The summed E-state index contributed by atoms with van der Waals surface area (Å²) in [4.78, 5) is 14.4. The minimum absolute atomic E-state index is 0. The number of benzene rings is 6. The summed E-state index contributed by atoms with van der Waals surface area (Å²) in [6, 6.07) is 60.3. The van der Waals surface area contributed by atoms with Crippen molar-refractivity contribution in [2.24, 2.45) is 0 Å². The van der Waals surface area contributed by atoms with E-state index in [0.717, 1.165) is 82.1 Å². The van der Waals surface area contributed by atoms with Crippen molar-refractivity contribution < 1.29 is 60.7 Å². The van der Waals surface area contributed by atoms with E-state index in [-0.39, 0.29) is 53.0 Å². The Kier molecular flexibility index (Phi) is 16.0. The molecule has 0 radical (unpaired) electrons. The molecule has 0 bridgehead atoms. The maximum Gasteiger partial charge on any atom is 0.268 e. The van der Waals surface area contributed by atoms with Crippen molar-refractivity contribution in [3.8, 4) is 57.1 Å². The number of pyridine rings is 2. The number of piperidine rings is 2. The number of ether oxygens (including phenoxy) is 2. The average molecular weight is 1390 g/mol. The van der Waals surface area contributed by atoms with E-state index in [1.165, 1.54) is 49.9 Å². The molecule has 0 unspecified atom stereocenters. The van der Waals surface area contributed by atoms with Gasteiger partial charge in [-0.25, -0.2) is 0 Å². The summed E-state index contributed by atoms with van der Waals surface area (Å²) < 4.78 is 21.9. The maximum absolute atomic E-state index is 6.69. The molecule has 10 aromatic rings. The van der Waals surface area contributed by atoms with Gasteiger partial charge in [-0.05, 0) is 97.4 Å². The molecule has 6 heterocycles. The van der Waals surface area contributed by atoms with Crippen LogP contribution in [0.1, 0.15) is 91.2 Å². The van der Waals surface area contributed by atoms with Gasteiger partial charge in [0.1, 0.15) is 0 Å². The molecule has 6 aromatic carbocycles. The van der Waals surface area contributed by atoms with E-state index >= 15 is 0 Å². The molecule has 0 aliphatic carbocycles. The number of imidazole rings is 2. The Balaban J connectivity index is 0.00000344. The van der Waals surface area contributed by atoms with Gasteiger partial charge in [0.2, 0.25) is 0 Å². The van der Waals surface area contributed by atoms with E-state index in [1.807, 2.05) is 0 Å². The molecule has 2 saturated heterocycles. The van der Waals surface area contributed by atoms with E-state index in [2.05, 4.69) is 238 Å². The number of para-hydroxylation sites is 8. The predicted octanol–water partition coefficient (Wildman–Crippen LogP) is 13.5. The van der Waals surface area contributed by atoms with E-state index < -0.39 is 0 Å². The summed E-state index contributed by atoms with van der Waals surface area (Å²) in [5.41, 5.74) is 13.1. The summed E-state index contributed by atoms with van der Waals surface area (Å²) in [5.74, 6) is 2.03.